The van der Waals surface area contributed by atoms with E-state index in [0.29, 0.717) is 17.8 Å². The monoisotopic (exact) mass is 293 g/mol. The molecule has 2 N–H and O–H groups in total. The molecule has 2 rings (SSSR count). The fourth-order valence-electron chi connectivity index (χ4n) is 1.79. The summed E-state index contributed by atoms with van der Waals surface area (Å²) >= 11 is 5.86. The van der Waals surface area contributed by atoms with E-state index in [1.54, 1.807) is 12.1 Å². The third kappa shape index (κ3) is 2.88. The molecule has 4 nitrogen and oxygen atoms in total. The molecule has 0 saturated heterocycles. The van der Waals surface area contributed by atoms with E-state index in [4.69, 9.17) is 17.3 Å². The molecule has 1 aromatic carbocycles. The molecule has 2 aromatic rings. The van der Waals surface area contributed by atoms with Gasteiger partial charge < -0.3 is 10.6 Å². The number of hydrogen-bond donors (Lipinski definition) is 1. The largest absolute Gasteiger partial charge is 0.382 e. The second-order valence-electron chi connectivity index (χ2n) is 4.12. The summed E-state index contributed by atoms with van der Waals surface area (Å²) in [6.07, 6.45) is 1.37. The molecule has 0 radical (unpaired) electrons. The van der Waals surface area contributed by atoms with Gasteiger partial charge in [0.1, 0.15) is 11.6 Å². The number of amides is 1. The summed E-state index contributed by atoms with van der Waals surface area (Å²) in [7, 11) is 0. The van der Waals surface area contributed by atoms with Crippen molar-refractivity contribution in [1.29, 1.82) is 0 Å². The van der Waals surface area contributed by atoms with Gasteiger partial charge in [0, 0.05) is 18.4 Å². The number of pyridine rings is 1. The van der Waals surface area contributed by atoms with Crippen LogP contribution in [-0.2, 0) is 0 Å². The van der Waals surface area contributed by atoms with Crippen molar-refractivity contribution in [2.24, 2.45) is 0 Å². The van der Waals surface area contributed by atoms with Crippen LogP contribution in [-0.4, -0.2) is 17.4 Å². The normalized spacial score (nSPS) is 10.3. The third-order valence-corrected chi connectivity index (χ3v) is 3.12. The summed E-state index contributed by atoms with van der Waals surface area (Å²) in [5, 5.41) is 0.228. The fourth-order valence-corrected chi connectivity index (χ4v) is 1.95. The predicted octanol–water partition coefficient (Wildman–Crippen LogP) is 3.12. The third-order valence-electron chi connectivity index (χ3n) is 2.82. The highest BCUT2D eigenvalue weighted by molar-refractivity contribution is 6.33. The van der Waals surface area contributed by atoms with Crippen LogP contribution in [0.5, 0.6) is 0 Å². The van der Waals surface area contributed by atoms with Crippen molar-refractivity contribution in [3.63, 3.8) is 0 Å². The Hall–Kier alpha value is -2.14. The van der Waals surface area contributed by atoms with E-state index in [1.807, 2.05) is 6.92 Å². The minimum absolute atomic E-state index is 0.174. The summed E-state index contributed by atoms with van der Waals surface area (Å²) in [6.45, 7) is 2.26. The van der Waals surface area contributed by atoms with Crippen molar-refractivity contribution in [3.05, 3.63) is 52.9 Å². The second-order valence-corrected chi connectivity index (χ2v) is 4.52. The topological polar surface area (TPSA) is 59.2 Å². The summed E-state index contributed by atoms with van der Waals surface area (Å²) in [5.74, 6) is -0.448. The van der Waals surface area contributed by atoms with Gasteiger partial charge in [-0.25, -0.2) is 9.37 Å². The summed E-state index contributed by atoms with van der Waals surface area (Å²) < 4.78 is 12.9. The van der Waals surface area contributed by atoms with Crippen LogP contribution in [0.1, 0.15) is 17.3 Å². The Bertz CT molecular complexity index is 631. The first-order valence-corrected chi connectivity index (χ1v) is 6.39. The zero-order valence-electron chi connectivity index (χ0n) is 10.8. The summed E-state index contributed by atoms with van der Waals surface area (Å²) in [4.78, 5) is 17.8. The smallest absolute Gasteiger partial charge is 0.259 e. The van der Waals surface area contributed by atoms with Crippen LogP contribution in [0.25, 0.3) is 0 Å². The number of nitrogens with zero attached hydrogens (tertiary/aromatic N) is 2. The molecule has 0 aliphatic carbocycles. The minimum atomic E-state index is -0.352. The molecule has 0 atom stereocenters. The number of nitrogens with two attached hydrogens (primary N) is 1. The van der Waals surface area contributed by atoms with Crippen molar-refractivity contribution in [1.82, 2.24) is 4.98 Å². The molecular formula is C14H13ClFN3O. The lowest BCUT2D eigenvalue weighted by Gasteiger charge is -2.21. The van der Waals surface area contributed by atoms with Gasteiger partial charge in [-0.2, -0.15) is 0 Å². The van der Waals surface area contributed by atoms with E-state index in [-0.39, 0.29) is 22.6 Å². The number of hydrogen-bond acceptors (Lipinski definition) is 3. The van der Waals surface area contributed by atoms with Crippen LogP contribution >= 0.6 is 11.6 Å². The highest BCUT2D eigenvalue weighted by atomic mass is 35.5. The molecule has 1 heterocycles. The van der Waals surface area contributed by atoms with Crippen molar-refractivity contribution >= 4 is 29.0 Å². The summed E-state index contributed by atoms with van der Waals surface area (Å²) in [5.41, 5.74) is 6.45. The number of benzene rings is 1. The average molecular weight is 294 g/mol. The maximum atomic E-state index is 12.9. The second kappa shape index (κ2) is 5.88. The molecule has 0 fully saturated rings. The Kier molecular flexibility index (Phi) is 4.20. The quantitative estimate of drug-likeness (QED) is 0.946. The molecule has 0 saturated carbocycles. The van der Waals surface area contributed by atoms with E-state index in [0.717, 1.165) is 0 Å². The lowest BCUT2D eigenvalue weighted by Crippen LogP contribution is -2.30. The van der Waals surface area contributed by atoms with Gasteiger partial charge in [0.25, 0.3) is 5.91 Å². The van der Waals surface area contributed by atoms with Gasteiger partial charge in [0.2, 0.25) is 0 Å². The van der Waals surface area contributed by atoms with E-state index in [1.165, 1.54) is 29.3 Å². The van der Waals surface area contributed by atoms with Crippen molar-refractivity contribution in [2.75, 3.05) is 17.2 Å². The number of nitrogen functional groups attached to an aromatic ring is 1. The molecule has 1 aromatic heterocycles. The number of carbonyl (C=O) groups excluding carboxylic acids is 1. The standard InChI is InChI=1S/C14H13ClFN3O/c1-2-19(11-5-3-10(16)4-6-11)14(20)9-7-12(15)13(17)18-8-9/h3-8H,2H2,1H3,(H2,17,18). The molecule has 0 bridgehead atoms. The van der Waals surface area contributed by atoms with Gasteiger partial charge >= 0.3 is 0 Å². The molecule has 6 heteroatoms. The maximum Gasteiger partial charge on any atom is 0.259 e. The molecule has 20 heavy (non-hydrogen) atoms. The lowest BCUT2D eigenvalue weighted by molar-refractivity contribution is 0.0988. The number of carbonyl (C=O) groups is 1. The van der Waals surface area contributed by atoms with Crippen LogP contribution in [0.15, 0.2) is 36.5 Å². The number of rotatable bonds is 3. The highest BCUT2D eigenvalue weighted by Gasteiger charge is 2.17. The molecular weight excluding hydrogens is 281 g/mol. The van der Waals surface area contributed by atoms with Gasteiger partial charge in [-0.1, -0.05) is 11.6 Å². The number of aromatic nitrogens is 1. The molecule has 0 aliphatic rings. The molecule has 0 aliphatic heterocycles. The van der Waals surface area contributed by atoms with E-state index >= 15 is 0 Å². The van der Waals surface area contributed by atoms with Gasteiger partial charge in [0.15, 0.2) is 0 Å². The Balaban J connectivity index is 2.33. The minimum Gasteiger partial charge on any atom is -0.382 e. The van der Waals surface area contributed by atoms with Crippen LogP contribution in [0.2, 0.25) is 5.02 Å². The van der Waals surface area contributed by atoms with Crippen LogP contribution in [0.4, 0.5) is 15.9 Å². The predicted molar refractivity (Wildman–Crippen MR) is 77.4 cm³/mol. The van der Waals surface area contributed by atoms with Crippen LogP contribution in [0.3, 0.4) is 0 Å². The van der Waals surface area contributed by atoms with E-state index in [2.05, 4.69) is 4.98 Å². The molecule has 104 valence electrons. The van der Waals surface area contributed by atoms with Gasteiger partial charge in [0.05, 0.1) is 10.6 Å². The Morgan fingerprint density at radius 2 is 2.05 bits per heavy atom. The fraction of sp³-hybridized carbons (Fsp3) is 0.143. The average Bonchev–Trinajstić information content (AvgIpc) is 2.44. The zero-order chi connectivity index (χ0) is 14.7. The molecule has 0 unspecified atom stereocenters. The van der Waals surface area contributed by atoms with E-state index in [9.17, 15) is 9.18 Å². The molecule has 0 spiro atoms. The van der Waals surface area contributed by atoms with Crippen LogP contribution < -0.4 is 10.6 Å². The van der Waals surface area contributed by atoms with E-state index < -0.39 is 0 Å². The first kappa shape index (κ1) is 14.3. The number of anilines is 2. The Morgan fingerprint density at radius 3 is 2.60 bits per heavy atom. The van der Waals surface area contributed by atoms with Crippen LogP contribution in [0, 0.1) is 5.82 Å². The summed E-state index contributed by atoms with van der Waals surface area (Å²) in [6, 6.07) is 7.17. The van der Waals surface area contributed by atoms with Crippen molar-refractivity contribution in [3.8, 4) is 0 Å². The lowest BCUT2D eigenvalue weighted by atomic mass is 10.2. The number of halogens is 2. The Labute approximate surface area is 121 Å². The van der Waals surface area contributed by atoms with Crippen molar-refractivity contribution in [2.45, 2.75) is 6.92 Å². The first-order chi connectivity index (χ1) is 9.52. The zero-order valence-corrected chi connectivity index (χ0v) is 11.6. The van der Waals surface area contributed by atoms with Gasteiger partial charge in [-0.05, 0) is 37.3 Å². The van der Waals surface area contributed by atoms with Gasteiger partial charge in [-0.3, -0.25) is 4.79 Å². The van der Waals surface area contributed by atoms with Gasteiger partial charge in [-0.15, -0.1) is 0 Å². The maximum absolute atomic E-state index is 12.9. The SMILES string of the molecule is CCN(C(=O)c1cnc(N)c(Cl)c1)c1ccc(F)cc1. The highest BCUT2D eigenvalue weighted by Crippen LogP contribution is 2.21. The first-order valence-electron chi connectivity index (χ1n) is 6.01. The van der Waals surface area contributed by atoms with Crippen molar-refractivity contribution < 1.29 is 9.18 Å². The molecule has 1 amide bonds. The Morgan fingerprint density at radius 1 is 1.40 bits per heavy atom.